The number of carbonyl (C=O) groups is 1. The summed E-state index contributed by atoms with van der Waals surface area (Å²) in [5.74, 6) is -1.65. The number of halogens is 3. The van der Waals surface area contributed by atoms with E-state index in [1.807, 2.05) is 17.5 Å². The lowest BCUT2D eigenvalue weighted by molar-refractivity contribution is -0.137. The zero-order chi connectivity index (χ0) is 19.8. The molecule has 0 saturated heterocycles. The predicted molar refractivity (Wildman–Crippen MR) is 96.6 cm³/mol. The molecule has 2 heterocycles. The molecule has 0 radical (unpaired) electrons. The molecule has 0 aliphatic carbocycles. The van der Waals surface area contributed by atoms with Crippen LogP contribution in [-0.4, -0.2) is 17.7 Å². The van der Waals surface area contributed by atoms with Gasteiger partial charge in [-0.2, -0.15) is 13.2 Å². The van der Waals surface area contributed by atoms with Crippen molar-refractivity contribution in [2.75, 3.05) is 11.5 Å². The van der Waals surface area contributed by atoms with Crippen molar-refractivity contribution in [3.8, 4) is 0 Å². The summed E-state index contributed by atoms with van der Waals surface area (Å²) in [6.45, 7) is 3.80. The van der Waals surface area contributed by atoms with Crippen molar-refractivity contribution in [2.24, 2.45) is 0 Å². The number of benzene rings is 1. The third-order valence-electron chi connectivity index (χ3n) is 4.43. The monoisotopic (exact) mass is 397 g/mol. The number of carboxylic acids is 1. The quantitative estimate of drug-likeness (QED) is 0.751. The smallest absolute Gasteiger partial charge is 0.416 e. The third-order valence-corrected chi connectivity index (χ3v) is 5.29. The zero-order valence-corrected chi connectivity index (χ0v) is 15.5. The Kier molecular flexibility index (Phi) is 5.19. The van der Waals surface area contributed by atoms with Crippen molar-refractivity contribution in [3.63, 3.8) is 0 Å². The van der Waals surface area contributed by atoms with Gasteiger partial charge in [0, 0.05) is 16.5 Å². The SMILES string of the molecule is CCOC1=C(C(=O)O)C(C)c2ccc(C(F)(F)F)cc2N1Cc1cccs1. The van der Waals surface area contributed by atoms with Crippen molar-refractivity contribution in [1.82, 2.24) is 0 Å². The molecule has 0 saturated carbocycles. The Bertz CT molecular complexity index is 875. The topological polar surface area (TPSA) is 49.8 Å². The van der Waals surface area contributed by atoms with Crippen molar-refractivity contribution < 1.29 is 27.8 Å². The van der Waals surface area contributed by atoms with Crippen molar-refractivity contribution >= 4 is 23.0 Å². The molecule has 0 fully saturated rings. The van der Waals surface area contributed by atoms with E-state index in [9.17, 15) is 23.1 Å². The first-order valence-corrected chi connectivity index (χ1v) is 9.23. The van der Waals surface area contributed by atoms with Gasteiger partial charge in [-0.1, -0.05) is 19.1 Å². The van der Waals surface area contributed by atoms with Gasteiger partial charge in [-0.15, -0.1) is 11.3 Å². The minimum atomic E-state index is -4.49. The summed E-state index contributed by atoms with van der Waals surface area (Å²) in [6.07, 6.45) is -4.49. The lowest BCUT2D eigenvalue weighted by atomic mass is 9.87. The lowest BCUT2D eigenvalue weighted by Crippen LogP contribution is -2.33. The summed E-state index contributed by atoms with van der Waals surface area (Å²) < 4.78 is 45.4. The average Bonchev–Trinajstić information content (AvgIpc) is 3.10. The summed E-state index contributed by atoms with van der Waals surface area (Å²) in [5, 5.41) is 11.6. The molecule has 2 aromatic rings. The van der Waals surface area contributed by atoms with Gasteiger partial charge in [-0.25, -0.2) is 4.79 Å². The van der Waals surface area contributed by atoms with Crippen LogP contribution in [0, 0.1) is 0 Å². The number of hydrogen-bond acceptors (Lipinski definition) is 4. The minimum absolute atomic E-state index is 0.0423. The van der Waals surface area contributed by atoms with Gasteiger partial charge in [0.1, 0.15) is 5.57 Å². The highest BCUT2D eigenvalue weighted by atomic mass is 32.1. The molecule has 1 aliphatic rings. The second-order valence-electron chi connectivity index (χ2n) is 6.12. The maximum Gasteiger partial charge on any atom is 0.416 e. The number of hydrogen-bond donors (Lipinski definition) is 1. The van der Waals surface area contributed by atoms with Crippen LogP contribution in [0.2, 0.25) is 0 Å². The van der Waals surface area contributed by atoms with Crippen molar-refractivity contribution in [3.05, 3.63) is 63.2 Å². The highest BCUT2D eigenvalue weighted by Crippen LogP contribution is 2.44. The molecule has 0 spiro atoms. The molecule has 0 bridgehead atoms. The first-order chi connectivity index (χ1) is 12.7. The standard InChI is InChI=1S/C19H18F3NO3S/c1-3-26-17-16(18(24)25)11(2)14-7-6-12(19(20,21)22)9-15(14)23(17)10-13-5-4-8-27-13/h4-9,11H,3,10H2,1-2H3,(H,24,25). The number of alkyl halides is 3. The molecule has 1 aliphatic heterocycles. The fourth-order valence-electron chi connectivity index (χ4n) is 3.20. The van der Waals surface area contributed by atoms with Crippen molar-refractivity contribution in [2.45, 2.75) is 32.5 Å². The van der Waals surface area contributed by atoms with Gasteiger partial charge in [0.15, 0.2) is 0 Å². The number of fused-ring (bicyclic) bond motifs is 1. The summed E-state index contributed by atoms with van der Waals surface area (Å²) in [7, 11) is 0. The van der Waals surface area contributed by atoms with Gasteiger partial charge in [-0.3, -0.25) is 0 Å². The minimum Gasteiger partial charge on any atom is -0.479 e. The first-order valence-electron chi connectivity index (χ1n) is 8.35. The van der Waals surface area contributed by atoms with Crippen LogP contribution < -0.4 is 4.90 Å². The number of carboxylic acid groups (broad SMARTS) is 1. The Morgan fingerprint density at radius 2 is 2.07 bits per heavy atom. The number of thiophene rings is 1. The molecule has 3 rings (SSSR count). The summed E-state index contributed by atoms with van der Waals surface area (Å²) in [6, 6.07) is 7.10. The van der Waals surface area contributed by atoms with Gasteiger partial charge in [0.25, 0.3) is 0 Å². The van der Waals surface area contributed by atoms with Crippen LogP contribution in [0.15, 0.2) is 47.2 Å². The van der Waals surface area contributed by atoms with E-state index in [1.165, 1.54) is 22.3 Å². The number of anilines is 1. The van der Waals surface area contributed by atoms with E-state index in [4.69, 9.17) is 4.74 Å². The van der Waals surface area contributed by atoms with Crippen LogP contribution in [-0.2, 0) is 22.3 Å². The second kappa shape index (κ2) is 7.26. The van der Waals surface area contributed by atoms with E-state index in [0.717, 1.165) is 17.0 Å². The molecular formula is C19H18F3NO3S. The van der Waals surface area contributed by atoms with E-state index in [0.29, 0.717) is 11.3 Å². The molecular weight excluding hydrogens is 379 g/mol. The van der Waals surface area contributed by atoms with E-state index in [1.54, 1.807) is 13.8 Å². The van der Waals surface area contributed by atoms with Crippen LogP contribution in [0.4, 0.5) is 18.9 Å². The van der Waals surface area contributed by atoms with Crippen LogP contribution in [0.3, 0.4) is 0 Å². The van der Waals surface area contributed by atoms with E-state index >= 15 is 0 Å². The number of aliphatic carboxylic acids is 1. The van der Waals surface area contributed by atoms with Crippen LogP contribution >= 0.6 is 11.3 Å². The molecule has 1 unspecified atom stereocenters. The first kappa shape index (κ1) is 19.3. The summed E-state index contributed by atoms with van der Waals surface area (Å²) in [4.78, 5) is 14.3. The van der Waals surface area contributed by atoms with Gasteiger partial charge < -0.3 is 14.7 Å². The Morgan fingerprint density at radius 3 is 2.63 bits per heavy atom. The van der Waals surface area contributed by atoms with Gasteiger partial charge >= 0.3 is 12.1 Å². The normalized spacial score (nSPS) is 17.1. The summed E-state index contributed by atoms with van der Waals surface area (Å²) >= 11 is 1.44. The zero-order valence-electron chi connectivity index (χ0n) is 14.7. The molecule has 1 atom stereocenters. The van der Waals surface area contributed by atoms with E-state index in [-0.39, 0.29) is 24.6 Å². The fraction of sp³-hybridized carbons (Fsp3) is 0.316. The van der Waals surface area contributed by atoms with Crippen LogP contribution in [0.5, 0.6) is 0 Å². The second-order valence-corrected chi connectivity index (χ2v) is 7.15. The Hall–Kier alpha value is -2.48. The van der Waals surface area contributed by atoms with Gasteiger partial charge in [0.2, 0.25) is 5.88 Å². The fourth-order valence-corrected chi connectivity index (χ4v) is 3.89. The van der Waals surface area contributed by atoms with Gasteiger partial charge in [-0.05, 0) is 36.1 Å². The average molecular weight is 397 g/mol. The van der Waals surface area contributed by atoms with E-state index < -0.39 is 23.6 Å². The maximum atomic E-state index is 13.3. The highest BCUT2D eigenvalue weighted by Gasteiger charge is 2.38. The molecule has 144 valence electrons. The molecule has 1 N–H and O–H groups in total. The largest absolute Gasteiger partial charge is 0.479 e. The lowest BCUT2D eigenvalue weighted by Gasteiger charge is -2.36. The predicted octanol–water partition coefficient (Wildman–Crippen LogP) is 5.22. The van der Waals surface area contributed by atoms with E-state index in [2.05, 4.69) is 0 Å². The molecule has 27 heavy (non-hydrogen) atoms. The molecule has 1 aromatic heterocycles. The third kappa shape index (κ3) is 3.66. The van der Waals surface area contributed by atoms with Gasteiger partial charge in [0.05, 0.1) is 18.7 Å². The van der Waals surface area contributed by atoms with Crippen LogP contribution in [0.1, 0.15) is 35.8 Å². The number of ether oxygens (including phenoxy) is 1. The summed E-state index contributed by atoms with van der Waals surface area (Å²) in [5.41, 5.74) is 0.111. The molecule has 0 amide bonds. The Balaban J connectivity index is 2.21. The van der Waals surface area contributed by atoms with Crippen molar-refractivity contribution in [1.29, 1.82) is 0 Å². The Morgan fingerprint density at radius 1 is 1.33 bits per heavy atom. The van der Waals surface area contributed by atoms with Crippen LogP contribution in [0.25, 0.3) is 0 Å². The Labute approximate surface area is 158 Å². The maximum absolute atomic E-state index is 13.3. The molecule has 1 aromatic carbocycles. The number of nitrogens with zero attached hydrogens (tertiary/aromatic N) is 1. The highest BCUT2D eigenvalue weighted by molar-refractivity contribution is 7.09. The molecule has 8 heteroatoms. The number of rotatable bonds is 5. The molecule has 4 nitrogen and oxygen atoms in total.